The van der Waals surface area contributed by atoms with Gasteiger partial charge in [-0.25, -0.2) is 18.2 Å². The molecule has 5 rings (SSSR count). The Morgan fingerprint density at radius 2 is 1.81 bits per heavy atom. The van der Waals surface area contributed by atoms with Crippen molar-refractivity contribution in [3.63, 3.8) is 0 Å². The number of aromatic nitrogens is 1. The average Bonchev–Trinajstić information content (AvgIpc) is 3.60. The molecular weight excluding hydrogens is 508 g/mol. The summed E-state index contributed by atoms with van der Waals surface area (Å²) in [7, 11) is 0. The number of hydrogen-bond acceptors (Lipinski definition) is 4. The molecule has 2 N–H and O–H groups in total. The van der Waals surface area contributed by atoms with Gasteiger partial charge in [-0.05, 0) is 62.2 Å². The second-order valence-electron chi connectivity index (χ2n) is 10.2. The predicted molar refractivity (Wildman–Crippen MR) is 149 cm³/mol. The van der Waals surface area contributed by atoms with E-state index in [1.54, 1.807) is 0 Å². The van der Waals surface area contributed by atoms with Crippen LogP contribution >= 0.6 is 11.6 Å². The van der Waals surface area contributed by atoms with Crippen molar-refractivity contribution in [3.05, 3.63) is 95.6 Å². The Hall–Kier alpha value is -2.14. The molecule has 1 saturated heterocycles. The van der Waals surface area contributed by atoms with E-state index in [-0.39, 0.29) is 22.5 Å². The molecule has 1 aromatic heterocycles. The molecule has 0 atom stereocenters. The number of anilines is 1. The number of hydrogen-bond donors (Lipinski definition) is 2. The summed E-state index contributed by atoms with van der Waals surface area (Å²) >= 11 is 6.11. The summed E-state index contributed by atoms with van der Waals surface area (Å²) in [4.78, 5) is 7.00. The van der Waals surface area contributed by atoms with Crippen LogP contribution in [0.3, 0.4) is 0 Å². The largest absolute Gasteiger partial charge is 2.00 e. The van der Waals surface area contributed by atoms with Crippen LogP contribution in [0.5, 0.6) is 0 Å². The smallest absolute Gasteiger partial charge is 0.384 e. The normalized spacial score (nSPS) is 14.6. The van der Waals surface area contributed by atoms with Crippen molar-refractivity contribution in [1.29, 1.82) is 0 Å². The first kappa shape index (κ1) is 28.4. The Labute approximate surface area is 231 Å². The maximum Gasteiger partial charge on any atom is 2.00 e. The number of halogens is 1. The zero-order valence-electron chi connectivity index (χ0n) is 21.2. The van der Waals surface area contributed by atoms with Crippen molar-refractivity contribution < 1.29 is 17.1 Å². The number of piperidine rings is 1. The second-order valence-corrected chi connectivity index (χ2v) is 10.7. The summed E-state index contributed by atoms with van der Waals surface area (Å²) in [5, 5.41) is 9.30. The Morgan fingerprint density at radius 3 is 2.47 bits per heavy atom. The molecule has 0 aliphatic carbocycles. The van der Waals surface area contributed by atoms with E-state index < -0.39 is 0 Å². The molecule has 6 heteroatoms. The van der Waals surface area contributed by atoms with Crippen LogP contribution in [0.15, 0.2) is 85.1 Å². The Bertz CT molecular complexity index is 1120. The van der Waals surface area contributed by atoms with Crippen LogP contribution in [-0.2, 0) is 23.6 Å². The summed E-state index contributed by atoms with van der Waals surface area (Å²) in [6, 6.07) is 27.2. The average molecular weight is 545 g/mol. The molecule has 0 amide bonds. The second kappa shape index (κ2) is 14.0. The predicted octanol–water partition coefficient (Wildman–Crippen LogP) is 6.70. The van der Waals surface area contributed by atoms with Gasteiger partial charge in [-0.2, -0.15) is 42.0 Å². The number of pyridine rings is 1. The summed E-state index contributed by atoms with van der Waals surface area (Å²) in [6.45, 7) is 9.97. The first-order chi connectivity index (χ1) is 17.0. The van der Waals surface area contributed by atoms with Gasteiger partial charge in [0.15, 0.2) is 0 Å². The molecule has 2 heterocycles. The van der Waals surface area contributed by atoms with E-state index in [9.17, 15) is 0 Å². The summed E-state index contributed by atoms with van der Waals surface area (Å²) in [5.74, 6) is 0. The van der Waals surface area contributed by atoms with Crippen LogP contribution in [-0.4, -0.2) is 42.1 Å². The SMILES string of the molecule is CC(C)(CNc1ccnc2cc(Cl)ccc12)CNC1CCN(Cc2cc[cH-]c2)CC1.[Fe+2].c1cc[cH-]c1. The van der Waals surface area contributed by atoms with E-state index in [0.717, 1.165) is 41.2 Å². The van der Waals surface area contributed by atoms with Crippen LogP contribution in [0.2, 0.25) is 5.02 Å². The first-order valence-corrected chi connectivity index (χ1v) is 13.0. The van der Waals surface area contributed by atoms with E-state index in [0.29, 0.717) is 6.04 Å². The van der Waals surface area contributed by atoms with Gasteiger partial charge in [-0.1, -0.05) is 25.4 Å². The van der Waals surface area contributed by atoms with E-state index in [1.807, 2.05) is 60.8 Å². The summed E-state index contributed by atoms with van der Waals surface area (Å²) < 4.78 is 0. The Morgan fingerprint density at radius 1 is 1.03 bits per heavy atom. The maximum atomic E-state index is 6.11. The molecule has 192 valence electrons. The zero-order chi connectivity index (χ0) is 24.5. The van der Waals surface area contributed by atoms with Crippen LogP contribution < -0.4 is 10.6 Å². The van der Waals surface area contributed by atoms with E-state index >= 15 is 0 Å². The molecule has 0 radical (unpaired) electrons. The molecule has 0 bridgehead atoms. The third-order valence-corrected chi connectivity index (χ3v) is 6.85. The molecule has 4 aromatic rings. The molecule has 0 saturated carbocycles. The fraction of sp³-hybridized carbons (Fsp3) is 0.367. The number of benzene rings is 1. The van der Waals surface area contributed by atoms with Crippen molar-refractivity contribution in [2.75, 3.05) is 31.5 Å². The van der Waals surface area contributed by atoms with Gasteiger partial charge in [-0.3, -0.25) is 4.98 Å². The third kappa shape index (κ3) is 8.76. The standard InChI is InChI=1S/C25H32ClN4.C5H5.Fe/c1-25(2,18-29-23-9-12-27-24-15-20(26)7-8-22(23)24)17-28-21-10-13-30(14-11-21)16-19-5-3-4-6-19;1-2-4-5-3-1;/h3-9,12,15,21,28H,10-11,13-14,16-18H2,1-2H3,(H,27,29);1-5H;/q2*-1;+2. The minimum absolute atomic E-state index is 0. The van der Waals surface area contributed by atoms with Crippen molar-refractivity contribution in [1.82, 2.24) is 15.2 Å². The van der Waals surface area contributed by atoms with E-state index in [1.165, 1.54) is 31.5 Å². The molecule has 3 aromatic carbocycles. The minimum atomic E-state index is 0. The van der Waals surface area contributed by atoms with Gasteiger partial charge < -0.3 is 15.5 Å². The van der Waals surface area contributed by atoms with Gasteiger partial charge in [-0.15, -0.1) is 0 Å². The number of nitrogens with zero attached hydrogens (tertiary/aromatic N) is 2. The van der Waals surface area contributed by atoms with Crippen molar-refractivity contribution in [2.45, 2.75) is 39.3 Å². The van der Waals surface area contributed by atoms with Crippen molar-refractivity contribution in [2.24, 2.45) is 5.41 Å². The van der Waals surface area contributed by atoms with Gasteiger partial charge in [0.25, 0.3) is 0 Å². The van der Waals surface area contributed by atoms with Gasteiger partial charge in [0.2, 0.25) is 0 Å². The number of nitrogens with one attached hydrogen (secondary N) is 2. The summed E-state index contributed by atoms with van der Waals surface area (Å²) in [5.41, 5.74) is 3.62. The molecule has 1 aliphatic heterocycles. The molecule has 1 aliphatic rings. The molecule has 4 nitrogen and oxygen atoms in total. The first-order valence-electron chi connectivity index (χ1n) is 12.6. The molecule has 36 heavy (non-hydrogen) atoms. The van der Waals surface area contributed by atoms with Gasteiger partial charge in [0.05, 0.1) is 5.52 Å². The fourth-order valence-corrected chi connectivity index (χ4v) is 4.65. The number of rotatable bonds is 8. The molecule has 0 unspecified atom stereocenters. The fourth-order valence-electron chi connectivity index (χ4n) is 4.49. The molecule has 1 fully saturated rings. The monoisotopic (exact) mass is 544 g/mol. The van der Waals surface area contributed by atoms with Crippen LogP contribution in [0.25, 0.3) is 10.9 Å². The van der Waals surface area contributed by atoms with E-state index in [2.05, 4.69) is 58.6 Å². The van der Waals surface area contributed by atoms with Crippen LogP contribution in [0.1, 0.15) is 32.3 Å². The van der Waals surface area contributed by atoms with Gasteiger partial charge >= 0.3 is 17.1 Å². The van der Waals surface area contributed by atoms with Crippen LogP contribution in [0, 0.1) is 5.41 Å². The topological polar surface area (TPSA) is 40.2 Å². The van der Waals surface area contributed by atoms with Crippen molar-refractivity contribution in [3.8, 4) is 0 Å². The quantitative estimate of drug-likeness (QED) is 0.191. The van der Waals surface area contributed by atoms with Crippen LogP contribution in [0.4, 0.5) is 5.69 Å². The molecule has 0 spiro atoms. The minimum Gasteiger partial charge on any atom is -0.384 e. The van der Waals surface area contributed by atoms with Gasteiger partial charge in [0.1, 0.15) is 0 Å². The Kier molecular flexibility index (Phi) is 11.0. The summed E-state index contributed by atoms with van der Waals surface area (Å²) in [6.07, 6.45) is 4.29. The zero-order valence-corrected chi connectivity index (χ0v) is 23.1. The number of fused-ring (bicyclic) bond motifs is 1. The van der Waals surface area contributed by atoms with Crippen molar-refractivity contribution >= 4 is 28.2 Å². The molecular formula is C30H37ClFeN4. The maximum absolute atomic E-state index is 6.11. The number of likely N-dealkylation sites (tertiary alicyclic amines) is 1. The third-order valence-electron chi connectivity index (χ3n) is 6.61. The van der Waals surface area contributed by atoms with Gasteiger partial charge in [0, 0.05) is 41.4 Å². The van der Waals surface area contributed by atoms with E-state index in [4.69, 9.17) is 11.6 Å². The Balaban J connectivity index is 0.000000538.